The van der Waals surface area contributed by atoms with E-state index in [1.165, 1.54) is 0 Å². The highest BCUT2D eigenvalue weighted by Crippen LogP contribution is 1.95. The van der Waals surface area contributed by atoms with Crippen LogP contribution in [-0.4, -0.2) is 28.1 Å². The van der Waals surface area contributed by atoms with Crippen LogP contribution in [0.2, 0.25) is 6.55 Å². The Balaban J connectivity index is 3.50. The first-order valence-corrected chi connectivity index (χ1v) is 6.20. The molecule has 0 fully saturated rings. The molecule has 0 spiro atoms. The lowest BCUT2D eigenvalue weighted by molar-refractivity contribution is -0.0853. The summed E-state index contributed by atoms with van der Waals surface area (Å²) < 4.78 is 10.5. The predicted molar refractivity (Wildman–Crippen MR) is 44.2 cm³/mol. The van der Waals surface area contributed by atoms with Crippen molar-refractivity contribution in [2.45, 2.75) is 26.3 Å². The smallest absolute Gasteiger partial charge is 0.169 e. The predicted octanol–water partition coefficient (Wildman–Crippen LogP) is 0.237. The van der Waals surface area contributed by atoms with Crippen LogP contribution in [0.3, 0.4) is 0 Å². The molecule has 3 nitrogen and oxygen atoms in total. The molecule has 0 saturated heterocycles. The van der Waals surface area contributed by atoms with Crippen LogP contribution in [0, 0.1) is 0 Å². The van der Waals surface area contributed by atoms with E-state index in [2.05, 4.69) is 0 Å². The van der Waals surface area contributed by atoms with Crippen LogP contribution in [0.4, 0.5) is 0 Å². The molecule has 4 heteroatoms. The molecule has 0 aromatic rings. The van der Waals surface area contributed by atoms with E-state index in [4.69, 9.17) is 14.9 Å². The summed E-state index contributed by atoms with van der Waals surface area (Å²) in [6, 6.07) is 0. The van der Waals surface area contributed by atoms with Crippen molar-refractivity contribution in [3.8, 4) is 0 Å². The van der Waals surface area contributed by atoms with Gasteiger partial charge in [-0.15, -0.1) is 0 Å². The lowest BCUT2D eigenvalue weighted by atomic mass is 10.8. The van der Waals surface area contributed by atoms with Gasteiger partial charge in [-0.25, -0.2) is 0 Å². The van der Waals surface area contributed by atoms with Crippen molar-refractivity contribution in [2.24, 2.45) is 5.40 Å². The van der Waals surface area contributed by atoms with E-state index in [0.717, 1.165) is 0 Å². The van der Waals surface area contributed by atoms with Gasteiger partial charge in [0, 0.05) is 13.2 Å². The van der Waals surface area contributed by atoms with Gasteiger partial charge in [0.05, 0.1) is 0 Å². The normalized spacial score (nSPS) is 14.1. The Morgan fingerprint density at radius 3 is 1.90 bits per heavy atom. The molecular formula is C6H17NO2Si. The van der Waals surface area contributed by atoms with Crippen molar-refractivity contribution in [1.82, 2.24) is 0 Å². The maximum atomic E-state index is 5.70. The fraction of sp³-hybridized carbons (Fsp3) is 1.00. The molecular weight excluding hydrogens is 146 g/mol. The van der Waals surface area contributed by atoms with E-state index < -0.39 is 8.96 Å². The second-order valence-electron chi connectivity index (χ2n) is 2.14. The Kier molecular flexibility index (Phi) is 5.91. The molecule has 1 unspecified atom stereocenters. The van der Waals surface area contributed by atoms with E-state index in [9.17, 15) is 0 Å². The van der Waals surface area contributed by atoms with Gasteiger partial charge in [0.15, 0.2) is 14.9 Å². The standard InChI is InChI=1S/C6H17NO2Si/c1-4-8-6(9-5-2)10(3)7/h6,10H,4-5,7H2,1-3H3. The van der Waals surface area contributed by atoms with Gasteiger partial charge < -0.3 is 14.9 Å². The molecule has 2 N–H and O–H groups in total. The molecule has 0 aliphatic rings. The van der Waals surface area contributed by atoms with Crippen LogP contribution in [0.25, 0.3) is 0 Å². The topological polar surface area (TPSA) is 44.5 Å². The zero-order valence-electron chi connectivity index (χ0n) is 6.96. The fourth-order valence-electron chi connectivity index (χ4n) is 0.680. The van der Waals surface area contributed by atoms with E-state index in [1.54, 1.807) is 0 Å². The molecule has 0 rings (SSSR count). The first kappa shape index (κ1) is 10.1. The molecule has 62 valence electrons. The molecule has 1 atom stereocenters. The average molecular weight is 163 g/mol. The SMILES string of the molecule is CCOC(OCC)[SiH](C)N. The van der Waals surface area contributed by atoms with Crippen molar-refractivity contribution < 1.29 is 9.47 Å². The van der Waals surface area contributed by atoms with Gasteiger partial charge in [0.1, 0.15) is 0 Å². The van der Waals surface area contributed by atoms with Gasteiger partial charge in [-0.3, -0.25) is 0 Å². The van der Waals surface area contributed by atoms with Gasteiger partial charge >= 0.3 is 0 Å². The molecule has 0 saturated carbocycles. The minimum absolute atomic E-state index is 0.102. The molecule has 0 radical (unpaired) electrons. The molecule has 0 amide bonds. The summed E-state index contributed by atoms with van der Waals surface area (Å²) in [5, 5.41) is 5.70. The summed E-state index contributed by atoms with van der Waals surface area (Å²) in [4.78, 5) is 0. The van der Waals surface area contributed by atoms with Crippen molar-refractivity contribution in [2.75, 3.05) is 13.2 Å². The number of hydrogen-bond donors (Lipinski definition) is 1. The maximum absolute atomic E-state index is 5.70. The maximum Gasteiger partial charge on any atom is 0.169 e. The lowest BCUT2D eigenvalue weighted by Crippen LogP contribution is -2.41. The van der Waals surface area contributed by atoms with Crippen molar-refractivity contribution in [3.05, 3.63) is 0 Å². The van der Waals surface area contributed by atoms with Gasteiger partial charge in [-0.2, -0.15) is 0 Å². The van der Waals surface area contributed by atoms with Gasteiger partial charge in [-0.1, -0.05) is 6.55 Å². The van der Waals surface area contributed by atoms with Crippen LogP contribution in [-0.2, 0) is 9.47 Å². The third-order valence-electron chi connectivity index (χ3n) is 1.09. The minimum atomic E-state index is -1.27. The first-order chi connectivity index (χ1) is 4.72. The molecule has 0 bridgehead atoms. The number of rotatable bonds is 5. The van der Waals surface area contributed by atoms with Crippen molar-refractivity contribution in [1.29, 1.82) is 0 Å². The van der Waals surface area contributed by atoms with Gasteiger partial charge in [-0.05, 0) is 13.8 Å². The van der Waals surface area contributed by atoms with E-state index >= 15 is 0 Å². The van der Waals surface area contributed by atoms with Gasteiger partial charge in [0.25, 0.3) is 0 Å². The Morgan fingerprint density at radius 2 is 1.70 bits per heavy atom. The summed E-state index contributed by atoms with van der Waals surface area (Å²) in [5.41, 5.74) is 0. The van der Waals surface area contributed by atoms with E-state index in [0.29, 0.717) is 13.2 Å². The number of hydrogen-bond acceptors (Lipinski definition) is 3. The van der Waals surface area contributed by atoms with Crippen LogP contribution >= 0.6 is 0 Å². The monoisotopic (exact) mass is 163 g/mol. The highest BCUT2D eigenvalue weighted by Gasteiger charge is 2.14. The van der Waals surface area contributed by atoms with E-state index in [-0.39, 0.29) is 5.91 Å². The Hall–Kier alpha value is 0.0969. The third kappa shape index (κ3) is 4.00. The summed E-state index contributed by atoms with van der Waals surface area (Å²) in [6.07, 6.45) is 0. The second-order valence-corrected chi connectivity index (χ2v) is 4.40. The van der Waals surface area contributed by atoms with Crippen LogP contribution in [0.15, 0.2) is 0 Å². The quantitative estimate of drug-likeness (QED) is 0.466. The first-order valence-electron chi connectivity index (χ1n) is 3.71. The summed E-state index contributed by atoms with van der Waals surface area (Å²) >= 11 is 0. The average Bonchev–Trinajstić information content (AvgIpc) is 1.87. The zero-order valence-corrected chi connectivity index (χ0v) is 8.12. The van der Waals surface area contributed by atoms with Crippen LogP contribution in [0.1, 0.15) is 13.8 Å². The van der Waals surface area contributed by atoms with Crippen molar-refractivity contribution >= 4 is 8.96 Å². The Morgan fingerprint density at radius 1 is 1.30 bits per heavy atom. The second kappa shape index (κ2) is 5.85. The number of ether oxygens (including phenoxy) is 2. The van der Waals surface area contributed by atoms with E-state index in [1.807, 2.05) is 20.4 Å². The zero-order chi connectivity index (χ0) is 7.98. The molecule has 0 aliphatic carbocycles. The Bertz CT molecular complexity index is 74.1. The molecule has 0 heterocycles. The van der Waals surface area contributed by atoms with Crippen molar-refractivity contribution in [3.63, 3.8) is 0 Å². The Labute approximate surface area is 64.2 Å². The fourth-order valence-corrected chi connectivity index (χ4v) is 1.67. The molecule has 0 aliphatic heterocycles. The van der Waals surface area contributed by atoms with Gasteiger partial charge in [0.2, 0.25) is 0 Å². The molecule has 0 aromatic carbocycles. The van der Waals surface area contributed by atoms with Crippen LogP contribution < -0.4 is 5.40 Å². The summed E-state index contributed by atoms with van der Waals surface area (Å²) in [7, 11) is -1.27. The molecule has 0 aromatic heterocycles. The third-order valence-corrected chi connectivity index (χ3v) is 2.33. The highest BCUT2D eigenvalue weighted by atomic mass is 28.3. The highest BCUT2D eigenvalue weighted by molar-refractivity contribution is 6.54. The number of nitrogens with two attached hydrogens (primary N) is 1. The lowest BCUT2D eigenvalue weighted by Gasteiger charge is -2.18. The van der Waals surface area contributed by atoms with Crippen LogP contribution in [0.5, 0.6) is 0 Å². The minimum Gasteiger partial charge on any atom is -0.355 e. The summed E-state index contributed by atoms with van der Waals surface area (Å²) in [5.74, 6) is -0.102. The largest absolute Gasteiger partial charge is 0.355 e. The molecule has 10 heavy (non-hydrogen) atoms. The summed E-state index contributed by atoms with van der Waals surface area (Å²) in [6.45, 7) is 7.26.